The molecule has 0 aromatic carbocycles. The lowest BCUT2D eigenvalue weighted by molar-refractivity contribution is 0.0165. The Bertz CT molecular complexity index is 1200. The maximum atomic E-state index is 12.9. The topological polar surface area (TPSA) is 124 Å². The third kappa shape index (κ3) is 3.43. The van der Waals surface area contributed by atoms with Gasteiger partial charge in [0, 0.05) is 18.2 Å². The number of rotatable bonds is 4. The number of pyridine rings is 1. The van der Waals surface area contributed by atoms with Gasteiger partial charge in [-0.15, -0.1) is 0 Å². The fourth-order valence-corrected chi connectivity index (χ4v) is 5.81. The number of hydrogen-bond donors (Lipinski definition) is 2. The highest BCUT2D eigenvalue weighted by Gasteiger charge is 2.37. The Kier molecular flexibility index (Phi) is 4.93. The zero-order chi connectivity index (χ0) is 22.7. The Morgan fingerprint density at radius 1 is 1.28 bits per heavy atom. The summed E-state index contributed by atoms with van der Waals surface area (Å²) < 4.78 is 40.2. The van der Waals surface area contributed by atoms with Crippen molar-refractivity contribution >= 4 is 21.7 Å². The summed E-state index contributed by atoms with van der Waals surface area (Å²) in [5, 5.41) is 6.91. The minimum absolute atomic E-state index is 0.0689. The van der Waals surface area contributed by atoms with E-state index >= 15 is 0 Å². The summed E-state index contributed by atoms with van der Waals surface area (Å²) in [6.45, 7) is 4.89. The van der Waals surface area contributed by atoms with Gasteiger partial charge < -0.3 is 14.8 Å². The number of carbonyl (C=O) groups is 1. The monoisotopic (exact) mass is 461 g/mol. The molecule has 2 amide bonds. The van der Waals surface area contributed by atoms with Crippen molar-refractivity contribution in [3.05, 3.63) is 28.7 Å². The van der Waals surface area contributed by atoms with Crippen LogP contribution in [0.3, 0.4) is 0 Å². The lowest BCUT2D eigenvalue weighted by Crippen LogP contribution is -2.36. The second-order valence-electron chi connectivity index (χ2n) is 9.20. The van der Waals surface area contributed by atoms with E-state index in [9.17, 15) is 13.2 Å². The highest BCUT2D eigenvalue weighted by atomic mass is 32.2. The molecule has 3 aliphatic rings. The molecule has 3 heterocycles. The molecule has 2 aromatic rings. The van der Waals surface area contributed by atoms with Gasteiger partial charge in [0.25, 0.3) is 10.0 Å². The molecular weight excluding hydrogens is 434 g/mol. The van der Waals surface area contributed by atoms with E-state index in [1.165, 1.54) is 10.9 Å². The second-order valence-corrected chi connectivity index (χ2v) is 10.9. The number of methoxy groups -OCH3 is 1. The largest absolute Gasteiger partial charge is 0.474 e. The number of sulfonamides is 1. The van der Waals surface area contributed by atoms with Crippen LogP contribution in [0.5, 0.6) is 5.88 Å². The highest BCUT2D eigenvalue weighted by Crippen LogP contribution is 2.44. The molecule has 11 heteroatoms. The third-order valence-corrected chi connectivity index (χ3v) is 7.91. The first-order chi connectivity index (χ1) is 15.2. The number of amides is 2. The number of aromatic nitrogens is 3. The molecule has 2 N–H and O–H groups in total. The number of aryl methyl sites for hydroxylation is 1. The van der Waals surface area contributed by atoms with Crippen molar-refractivity contribution in [2.75, 3.05) is 19.0 Å². The SMILES string of the molecule is COC1COc2c(S(=O)(=O)NC(=O)Nc3c4c(nc5c3CCC5(C)C)CCC4)cnn2C1. The lowest BCUT2D eigenvalue weighted by Gasteiger charge is -2.23. The summed E-state index contributed by atoms with van der Waals surface area (Å²) in [6.07, 6.45) is 5.38. The molecule has 0 saturated carbocycles. The van der Waals surface area contributed by atoms with E-state index in [0.717, 1.165) is 60.3 Å². The molecular formula is C21H27N5O5S. The first kappa shape index (κ1) is 21.2. The fraction of sp³-hybridized carbons (Fsp3) is 0.571. The molecule has 0 radical (unpaired) electrons. The van der Waals surface area contributed by atoms with E-state index in [2.05, 4.69) is 29.0 Å². The van der Waals surface area contributed by atoms with Gasteiger partial charge in [0.05, 0.1) is 24.1 Å². The molecule has 2 aliphatic carbocycles. The van der Waals surface area contributed by atoms with Crippen LogP contribution in [0.4, 0.5) is 10.5 Å². The van der Waals surface area contributed by atoms with Crippen LogP contribution in [0, 0.1) is 0 Å². The van der Waals surface area contributed by atoms with Gasteiger partial charge in [-0.25, -0.2) is 22.6 Å². The minimum atomic E-state index is -4.18. The van der Waals surface area contributed by atoms with Crippen molar-refractivity contribution in [2.45, 2.75) is 68.9 Å². The number of nitrogens with one attached hydrogen (secondary N) is 2. The average molecular weight is 462 g/mol. The molecule has 0 fully saturated rings. The molecule has 10 nitrogen and oxygen atoms in total. The first-order valence-electron chi connectivity index (χ1n) is 10.8. The van der Waals surface area contributed by atoms with Crippen LogP contribution in [0.1, 0.15) is 49.2 Å². The second kappa shape index (κ2) is 7.45. The normalized spacial score (nSPS) is 20.8. The summed E-state index contributed by atoms with van der Waals surface area (Å²) in [5.41, 5.74) is 4.69. The van der Waals surface area contributed by atoms with E-state index in [4.69, 9.17) is 14.5 Å². The average Bonchev–Trinajstić information content (AvgIpc) is 3.44. The molecule has 0 bridgehead atoms. The van der Waals surface area contributed by atoms with Crippen LogP contribution in [-0.2, 0) is 46.0 Å². The maximum absolute atomic E-state index is 12.9. The molecule has 0 saturated heterocycles. The van der Waals surface area contributed by atoms with Crippen molar-refractivity contribution < 1.29 is 22.7 Å². The maximum Gasteiger partial charge on any atom is 0.333 e. The van der Waals surface area contributed by atoms with E-state index in [0.29, 0.717) is 6.54 Å². The Morgan fingerprint density at radius 3 is 2.88 bits per heavy atom. The van der Waals surface area contributed by atoms with Crippen molar-refractivity contribution in [1.29, 1.82) is 0 Å². The van der Waals surface area contributed by atoms with Crippen molar-refractivity contribution in [3.63, 3.8) is 0 Å². The summed E-state index contributed by atoms with van der Waals surface area (Å²) in [6, 6.07) is -0.803. The van der Waals surface area contributed by atoms with Crippen LogP contribution >= 0.6 is 0 Å². The van der Waals surface area contributed by atoms with E-state index in [1.54, 1.807) is 7.11 Å². The molecule has 1 unspecified atom stereocenters. The van der Waals surface area contributed by atoms with Gasteiger partial charge in [0.2, 0.25) is 5.88 Å². The Hall–Kier alpha value is -2.66. The van der Waals surface area contributed by atoms with E-state index < -0.39 is 16.1 Å². The molecule has 0 spiro atoms. The van der Waals surface area contributed by atoms with Gasteiger partial charge in [-0.05, 0) is 43.2 Å². The number of hydrogen-bond acceptors (Lipinski definition) is 7. The Labute approximate surface area is 186 Å². The number of nitrogens with zero attached hydrogens (tertiary/aromatic N) is 3. The predicted octanol–water partition coefficient (Wildman–Crippen LogP) is 1.91. The van der Waals surface area contributed by atoms with Gasteiger partial charge in [0.1, 0.15) is 12.7 Å². The minimum Gasteiger partial charge on any atom is -0.474 e. The molecule has 2 aromatic heterocycles. The molecule has 1 atom stereocenters. The standard InChI is InChI=1S/C21H27N5O5S/c1-21(2)8-7-14-17(13-5-4-6-15(13)23-18(14)21)24-20(27)25-32(28,29)16-9-22-26-10-12(30-3)11-31-19(16)26/h9,12H,4-8,10-11H2,1-3H3,(H2,23,24,25,27). The van der Waals surface area contributed by atoms with Crippen LogP contribution < -0.4 is 14.8 Å². The number of anilines is 1. The van der Waals surface area contributed by atoms with Gasteiger partial charge in [-0.3, -0.25) is 4.98 Å². The van der Waals surface area contributed by atoms with E-state index in [-0.39, 0.29) is 28.9 Å². The molecule has 1 aliphatic heterocycles. The van der Waals surface area contributed by atoms with Crippen LogP contribution in [0.15, 0.2) is 11.1 Å². The molecule has 32 heavy (non-hydrogen) atoms. The predicted molar refractivity (Wildman–Crippen MR) is 115 cm³/mol. The summed E-state index contributed by atoms with van der Waals surface area (Å²) in [7, 11) is -2.62. The summed E-state index contributed by atoms with van der Waals surface area (Å²) in [5.74, 6) is 0.103. The quantitative estimate of drug-likeness (QED) is 0.713. The lowest BCUT2D eigenvalue weighted by atomic mass is 9.90. The number of carbonyl (C=O) groups excluding carboxylic acids is 1. The number of ether oxygens (including phenoxy) is 2. The fourth-order valence-electron chi connectivity index (χ4n) is 4.83. The molecule has 172 valence electrons. The number of fused-ring (bicyclic) bond motifs is 3. The number of urea groups is 1. The molecule has 5 rings (SSSR count). The Morgan fingerprint density at radius 2 is 2.09 bits per heavy atom. The first-order valence-corrected chi connectivity index (χ1v) is 12.3. The third-order valence-electron chi connectivity index (χ3n) is 6.60. The zero-order valence-electron chi connectivity index (χ0n) is 18.4. The van der Waals surface area contributed by atoms with Crippen molar-refractivity contribution in [1.82, 2.24) is 19.5 Å². The summed E-state index contributed by atoms with van der Waals surface area (Å²) in [4.78, 5) is 17.6. The van der Waals surface area contributed by atoms with E-state index in [1.807, 2.05) is 0 Å². The van der Waals surface area contributed by atoms with Gasteiger partial charge in [-0.2, -0.15) is 5.10 Å². The van der Waals surface area contributed by atoms with Crippen LogP contribution in [-0.4, -0.2) is 49.0 Å². The van der Waals surface area contributed by atoms with Gasteiger partial charge in [0.15, 0.2) is 4.90 Å². The Balaban J connectivity index is 1.40. The van der Waals surface area contributed by atoms with Gasteiger partial charge >= 0.3 is 6.03 Å². The zero-order valence-corrected chi connectivity index (χ0v) is 19.2. The smallest absolute Gasteiger partial charge is 0.333 e. The van der Waals surface area contributed by atoms with Gasteiger partial charge in [-0.1, -0.05) is 13.8 Å². The van der Waals surface area contributed by atoms with Crippen LogP contribution in [0.2, 0.25) is 0 Å². The summed E-state index contributed by atoms with van der Waals surface area (Å²) >= 11 is 0. The van der Waals surface area contributed by atoms with Crippen molar-refractivity contribution in [2.24, 2.45) is 0 Å². The van der Waals surface area contributed by atoms with Crippen LogP contribution in [0.25, 0.3) is 0 Å². The van der Waals surface area contributed by atoms with Crippen molar-refractivity contribution in [3.8, 4) is 5.88 Å². The highest BCUT2D eigenvalue weighted by molar-refractivity contribution is 7.90.